The monoisotopic (exact) mass is 195 g/mol. The second-order valence-electron chi connectivity index (χ2n) is 2.56. The van der Waals surface area contributed by atoms with Crippen LogP contribution in [0.4, 0.5) is 5.69 Å². The molecule has 0 spiro atoms. The summed E-state index contributed by atoms with van der Waals surface area (Å²) >= 11 is 4.86. The molecule has 70 valence electrons. The van der Waals surface area contributed by atoms with Crippen LogP contribution in [0.3, 0.4) is 0 Å². The van der Waals surface area contributed by atoms with Gasteiger partial charge < -0.3 is 5.73 Å². The number of benzene rings is 1. The number of hydrogen-bond acceptors (Lipinski definition) is 2. The van der Waals surface area contributed by atoms with Gasteiger partial charge in [0.25, 0.3) is 0 Å². The van der Waals surface area contributed by atoms with E-state index in [9.17, 15) is 0 Å². The maximum Gasteiger partial charge on any atom is 0.185 e. The van der Waals surface area contributed by atoms with Crippen LogP contribution in [0.5, 0.6) is 0 Å². The Morgan fingerprint density at radius 1 is 1.46 bits per heavy atom. The minimum atomic E-state index is 0.353. The van der Waals surface area contributed by atoms with Crippen LogP contribution in [-0.2, 0) is 0 Å². The van der Waals surface area contributed by atoms with E-state index in [1.807, 2.05) is 37.3 Å². The number of thiocarbonyl (C=S) groups is 1. The van der Waals surface area contributed by atoms with E-state index in [0.29, 0.717) is 5.11 Å². The molecule has 1 rings (SSSR count). The van der Waals surface area contributed by atoms with Gasteiger partial charge in [0.1, 0.15) is 0 Å². The number of hydrogen-bond donors (Lipinski definition) is 2. The SMILES string of the molecule is CCN(Nc1ccccc1)C(N)=S. The van der Waals surface area contributed by atoms with Crippen molar-refractivity contribution in [1.82, 2.24) is 5.01 Å². The van der Waals surface area contributed by atoms with Crippen LogP contribution in [-0.4, -0.2) is 16.7 Å². The molecule has 0 unspecified atom stereocenters. The summed E-state index contributed by atoms with van der Waals surface area (Å²) in [4.78, 5) is 0. The molecule has 3 nitrogen and oxygen atoms in total. The van der Waals surface area contributed by atoms with Gasteiger partial charge in [0.2, 0.25) is 0 Å². The smallest absolute Gasteiger partial charge is 0.185 e. The molecule has 0 aliphatic carbocycles. The Morgan fingerprint density at radius 3 is 2.54 bits per heavy atom. The average Bonchev–Trinajstić information content (AvgIpc) is 2.15. The highest BCUT2D eigenvalue weighted by molar-refractivity contribution is 7.80. The third kappa shape index (κ3) is 2.91. The maximum absolute atomic E-state index is 5.49. The Kier molecular flexibility index (Phi) is 3.52. The minimum absolute atomic E-state index is 0.353. The van der Waals surface area contributed by atoms with Crippen molar-refractivity contribution >= 4 is 23.0 Å². The zero-order valence-electron chi connectivity index (χ0n) is 7.53. The van der Waals surface area contributed by atoms with E-state index in [4.69, 9.17) is 18.0 Å². The molecule has 0 radical (unpaired) electrons. The van der Waals surface area contributed by atoms with Crippen LogP contribution in [0.15, 0.2) is 30.3 Å². The van der Waals surface area contributed by atoms with Gasteiger partial charge in [0.15, 0.2) is 5.11 Å². The largest absolute Gasteiger partial charge is 0.375 e. The summed E-state index contributed by atoms with van der Waals surface area (Å²) in [5.41, 5.74) is 9.57. The van der Waals surface area contributed by atoms with Crippen molar-refractivity contribution in [1.29, 1.82) is 0 Å². The first kappa shape index (κ1) is 9.80. The number of para-hydroxylation sites is 1. The molecule has 3 N–H and O–H groups in total. The summed E-state index contributed by atoms with van der Waals surface area (Å²) in [6.45, 7) is 2.72. The molecule has 1 aromatic carbocycles. The summed E-state index contributed by atoms with van der Waals surface area (Å²) in [7, 11) is 0. The fraction of sp³-hybridized carbons (Fsp3) is 0.222. The minimum Gasteiger partial charge on any atom is -0.375 e. The first-order valence-corrected chi connectivity index (χ1v) is 4.53. The van der Waals surface area contributed by atoms with Crippen LogP contribution in [0.2, 0.25) is 0 Å². The van der Waals surface area contributed by atoms with Crippen molar-refractivity contribution in [2.45, 2.75) is 6.92 Å². The van der Waals surface area contributed by atoms with Crippen LogP contribution in [0.25, 0.3) is 0 Å². The lowest BCUT2D eigenvalue weighted by molar-refractivity contribution is 0.529. The Morgan fingerprint density at radius 2 is 2.08 bits per heavy atom. The average molecular weight is 195 g/mol. The molecule has 0 bridgehead atoms. The van der Waals surface area contributed by atoms with Gasteiger partial charge in [-0.25, -0.2) is 0 Å². The summed E-state index contributed by atoms with van der Waals surface area (Å²) < 4.78 is 0. The number of anilines is 1. The highest BCUT2D eigenvalue weighted by atomic mass is 32.1. The third-order valence-electron chi connectivity index (χ3n) is 1.62. The van der Waals surface area contributed by atoms with Gasteiger partial charge in [-0.3, -0.25) is 10.4 Å². The molecule has 13 heavy (non-hydrogen) atoms. The predicted octanol–water partition coefficient (Wildman–Crippen LogP) is 1.58. The molecule has 0 saturated carbocycles. The Labute approximate surface area is 83.5 Å². The fourth-order valence-electron chi connectivity index (χ4n) is 0.959. The zero-order chi connectivity index (χ0) is 9.68. The standard InChI is InChI=1S/C9H13N3S/c1-2-12(9(10)13)11-8-6-4-3-5-7-8/h3-7,11H,2H2,1H3,(H2,10,13). The summed E-state index contributed by atoms with van der Waals surface area (Å²) in [6, 6.07) is 9.79. The molecule has 0 aliphatic rings. The molecule has 4 heteroatoms. The second kappa shape index (κ2) is 4.67. The molecule has 0 saturated heterocycles. The van der Waals surface area contributed by atoms with Gasteiger partial charge in [-0.1, -0.05) is 18.2 Å². The molecular formula is C9H13N3S. The molecular weight excluding hydrogens is 182 g/mol. The molecule has 0 heterocycles. The van der Waals surface area contributed by atoms with E-state index in [1.165, 1.54) is 0 Å². The van der Waals surface area contributed by atoms with Gasteiger partial charge >= 0.3 is 0 Å². The number of nitrogens with one attached hydrogen (secondary N) is 1. The highest BCUT2D eigenvalue weighted by Crippen LogP contribution is 2.05. The van der Waals surface area contributed by atoms with Crippen molar-refractivity contribution in [3.63, 3.8) is 0 Å². The van der Waals surface area contributed by atoms with E-state index in [0.717, 1.165) is 12.2 Å². The van der Waals surface area contributed by atoms with Crippen LogP contribution < -0.4 is 11.2 Å². The summed E-state index contributed by atoms with van der Waals surface area (Å²) in [5.74, 6) is 0. The molecule has 1 aromatic rings. The third-order valence-corrected chi connectivity index (χ3v) is 1.84. The second-order valence-corrected chi connectivity index (χ2v) is 2.98. The summed E-state index contributed by atoms with van der Waals surface area (Å²) in [5, 5.41) is 2.07. The first-order chi connectivity index (χ1) is 6.24. The highest BCUT2D eigenvalue weighted by Gasteiger charge is 2.01. The molecule has 0 aliphatic heterocycles. The Bertz CT molecular complexity index is 273. The molecule has 0 aromatic heterocycles. The van der Waals surface area contributed by atoms with E-state index in [-0.39, 0.29) is 0 Å². The van der Waals surface area contributed by atoms with E-state index in [1.54, 1.807) is 5.01 Å². The lowest BCUT2D eigenvalue weighted by atomic mass is 10.3. The van der Waals surface area contributed by atoms with E-state index < -0.39 is 0 Å². The number of rotatable bonds is 3. The van der Waals surface area contributed by atoms with Gasteiger partial charge in [-0.2, -0.15) is 0 Å². The number of nitrogens with two attached hydrogens (primary N) is 1. The van der Waals surface area contributed by atoms with Crippen molar-refractivity contribution in [2.75, 3.05) is 12.0 Å². The first-order valence-electron chi connectivity index (χ1n) is 4.12. The van der Waals surface area contributed by atoms with E-state index in [2.05, 4.69) is 5.43 Å². The van der Waals surface area contributed by atoms with Crippen LogP contribution in [0, 0.1) is 0 Å². The predicted molar refractivity (Wildman–Crippen MR) is 59.2 cm³/mol. The van der Waals surface area contributed by atoms with Gasteiger partial charge in [0, 0.05) is 6.54 Å². The van der Waals surface area contributed by atoms with Crippen molar-refractivity contribution in [3.05, 3.63) is 30.3 Å². The molecule has 0 amide bonds. The lowest BCUT2D eigenvalue weighted by Crippen LogP contribution is -2.39. The van der Waals surface area contributed by atoms with Gasteiger partial charge in [-0.05, 0) is 31.3 Å². The number of nitrogens with zero attached hydrogens (tertiary/aromatic N) is 1. The Balaban J connectivity index is 2.62. The normalized spacial score (nSPS) is 9.31. The van der Waals surface area contributed by atoms with Gasteiger partial charge in [0.05, 0.1) is 5.69 Å². The van der Waals surface area contributed by atoms with Crippen molar-refractivity contribution in [3.8, 4) is 0 Å². The summed E-state index contributed by atoms with van der Waals surface area (Å²) in [6.07, 6.45) is 0. The fourth-order valence-corrected chi connectivity index (χ4v) is 1.13. The molecule has 0 atom stereocenters. The van der Waals surface area contributed by atoms with Crippen molar-refractivity contribution in [2.24, 2.45) is 5.73 Å². The lowest BCUT2D eigenvalue weighted by Gasteiger charge is -2.22. The van der Waals surface area contributed by atoms with E-state index >= 15 is 0 Å². The van der Waals surface area contributed by atoms with Crippen LogP contribution >= 0.6 is 12.2 Å². The topological polar surface area (TPSA) is 41.3 Å². The molecule has 0 fully saturated rings. The van der Waals surface area contributed by atoms with Crippen LogP contribution in [0.1, 0.15) is 6.92 Å². The van der Waals surface area contributed by atoms with Gasteiger partial charge in [-0.15, -0.1) is 0 Å². The zero-order valence-corrected chi connectivity index (χ0v) is 8.34. The van der Waals surface area contributed by atoms with Crippen molar-refractivity contribution < 1.29 is 0 Å². The Hall–Kier alpha value is -1.29. The number of hydrazine groups is 1. The maximum atomic E-state index is 5.49. The quantitative estimate of drug-likeness (QED) is 0.567.